The lowest BCUT2D eigenvalue weighted by Gasteiger charge is -2.18. The van der Waals surface area contributed by atoms with Crippen molar-refractivity contribution in [3.8, 4) is 11.1 Å². The molecule has 11 heteroatoms. The Labute approximate surface area is 192 Å². The van der Waals surface area contributed by atoms with Gasteiger partial charge in [-0.3, -0.25) is 9.20 Å². The fourth-order valence-corrected chi connectivity index (χ4v) is 4.44. The van der Waals surface area contributed by atoms with Gasteiger partial charge in [-0.15, -0.1) is 0 Å². The molecular formula is C21H14F2IN7O. The highest BCUT2D eigenvalue weighted by Crippen LogP contribution is 2.31. The van der Waals surface area contributed by atoms with E-state index in [0.29, 0.717) is 26.0 Å². The zero-order chi connectivity index (χ0) is 22.6. The molecular weight excluding hydrogens is 531 g/mol. The van der Waals surface area contributed by atoms with Crippen LogP contribution in [0.25, 0.3) is 27.8 Å². The van der Waals surface area contributed by atoms with Gasteiger partial charge in [-0.2, -0.15) is 5.10 Å². The molecule has 0 bridgehead atoms. The van der Waals surface area contributed by atoms with Crippen LogP contribution in [-0.4, -0.2) is 29.1 Å². The van der Waals surface area contributed by atoms with Gasteiger partial charge in [-0.1, -0.05) is 12.1 Å². The number of anilines is 1. The Morgan fingerprint density at radius 2 is 1.94 bits per heavy atom. The van der Waals surface area contributed by atoms with E-state index in [1.165, 1.54) is 36.7 Å². The molecule has 2 N–H and O–H groups in total. The summed E-state index contributed by atoms with van der Waals surface area (Å²) >= 11 is 2.04. The largest absolute Gasteiger partial charge is 0.383 e. The molecule has 0 radical (unpaired) electrons. The number of hydrogen-bond acceptors (Lipinski definition) is 6. The highest BCUT2D eigenvalue weighted by molar-refractivity contribution is 14.1. The van der Waals surface area contributed by atoms with E-state index in [0.717, 1.165) is 10.6 Å². The summed E-state index contributed by atoms with van der Waals surface area (Å²) in [6, 6.07) is 7.67. The highest BCUT2D eigenvalue weighted by atomic mass is 127. The standard InChI is InChI=1S/C21H14F2IN7O/c1-10(31-20-16(18(24)29-31)19(25)26-9-27-20)17-15(11-3-2-4-12(22)7-11)21(32)30-8-13(23)5-6-14(30)28-17/h2-10H,1H3,(H2,25,26,27). The number of rotatable bonds is 3. The van der Waals surface area contributed by atoms with Crippen LogP contribution in [-0.2, 0) is 0 Å². The Balaban J connectivity index is 1.84. The van der Waals surface area contributed by atoms with Crippen molar-refractivity contribution in [1.82, 2.24) is 29.1 Å². The van der Waals surface area contributed by atoms with E-state index in [-0.39, 0.29) is 17.0 Å². The molecule has 0 saturated carbocycles. The molecule has 8 nitrogen and oxygen atoms in total. The van der Waals surface area contributed by atoms with Gasteiger partial charge in [0.05, 0.1) is 22.7 Å². The first-order valence-electron chi connectivity index (χ1n) is 9.47. The lowest BCUT2D eigenvalue weighted by atomic mass is 10.0. The first-order chi connectivity index (χ1) is 15.3. The molecule has 1 unspecified atom stereocenters. The molecule has 1 aromatic carbocycles. The van der Waals surface area contributed by atoms with Crippen molar-refractivity contribution in [2.24, 2.45) is 0 Å². The minimum Gasteiger partial charge on any atom is -0.383 e. The normalized spacial score (nSPS) is 12.5. The maximum atomic E-state index is 14.0. The Hall–Kier alpha value is -3.48. The van der Waals surface area contributed by atoms with E-state index in [1.807, 2.05) is 22.6 Å². The fourth-order valence-electron chi connectivity index (χ4n) is 3.69. The number of fused-ring (bicyclic) bond motifs is 2. The van der Waals surface area contributed by atoms with Crippen LogP contribution in [0, 0.1) is 15.3 Å². The molecule has 32 heavy (non-hydrogen) atoms. The van der Waals surface area contributed by atoms with Gasteiger partial charge in [0.2, 0.25) is 0 Å². The summed E-state index contributed by atoms with van der Waals surface area (Å²) in [5.41, 5.74) is 7.00. The second kappa shape index (κ2) is 7.58. The SMILES string of the molecule is CC(c1nc2ccc(F)cn2c(=O)c1-c1cccc(F)c1)n1nc(I)c2c(N)ncnc21. The number of hydrogen-bond donors (Lipinski definition) is 1. The maximum Gasteiger partial charge on any atom is 0.266 e. The van der Waals surface area contributed by atoms with Crippen LogP contribution in [0.3, 0.4) is 0 Å². The van der Waals surface area contributed by atoms with Crippen molar-refractivity contribution in [2.45, 2.75) is 13.0 Å². The predicted octanol–water partition coefficient (Wildman–Crippen LogP) is 3.58. The molecule has 4 aromatic heterocycles. The summed E-state index contributed by atoms with van der Waals surface area (Å²) in [6.45, 7) is 1.80. The Morgan fingerprint density at radius 3 is 2.72 bits per heavy atom. The average molecular weight is 545 g/mol. The fraction of sp³-hybridized carbons (Fsp3) is 0.0952. The summed E-state index contributed by atoms with van der Waals surface area (Å²) in [6.07, 6.45) is 2.39. The molecule has 5 aromatic rings. The van der Waals surface area contributed by atoms with E-state index in [1.54, 1.807) is 17.7 Å². The first kappa shape index (κ1) is 20.4. The van der Waals surface area contributed by atoms with Crippen LogP contribution in [0.15, 0.2) is 53.7 Å². The van der Waals surface area contributed by atoms with Crippen molar-refractivity contribution < 1.29 is 8.78 Å². The van der Waals surface area contributed by atoms with E-state index < -0.39 is 23.2 Å². The van der Waals surface area contributed by atoms with Gasteiger partial charge in [-0.05, 0) is 59.3 Å². The average Bonchev–Trinajstić information content (AvgIpc) is 3.11. The smallest absolute Gasteiger partial charge is 0.266 e. The van der Waals surface area contributed by atoms with Crippen LogP contribution < -0.4 is 11.3 Å². The van der Waals surface area contributed by atoms with Crippen molar-refractivity contribution in [3.63, 3.8) is 0 Å². The second-order valence-corrected chi connectivity index (χ2v) is 8.15. The molecule has 0 fully saturated rings. The van der Waals surface area contributed by atoms with Gasteiger partial charge in [0.15, 0.2) is 5.65 Å². The summed E-state index contributed by atoms with van der Waals surface area (Å²) in [4.78, 5) is 26.4. The zero-order valence-electron chi connectivity index (χ0n) is 16.5. The molecule has 0 spiro atoms. The van der Waals surface area contributed by atoms with E-state index in [4.69, 9.17) is 5.73 Å². The number of nitrogens with zero attached hydrogens (tertiary/aromatic N) is 6. The van der Waals surface area contributed by atoms with Crippen LogP contribution in [0.4, 0.5) is 14.6 Å². The minimum absolute atomic E-state index is 0.140. The Kier molecular flexibility index (Phi) is 4.84. The Morgan fingerprint density at radius 1 is 1.12 bits per heavy atom. The van der Waals surface area contributed by atoms with Crippen LogP contribution in [0.1, 0.15) is 18.7 Å². The Bertz CT molecular complexity index is 1580. The van der Waals surface area contributed by atoms with Gasteiger partial charge >= 0.3 is 0 Å². The highest BCUT2D eigenvalue weighted by Gasteiger charge is 2.25. The monoisotopic (exact) mass is 545 g/mol. The minimum atomic E-state index is -0.591. The number of pyridine rings is 1. The van der Waals surface area contributed by atoms with E-state index >= 15 is 0 Å². The van der Waals surface area contributed by atoms with E-state index in [2.05, 4.69) is 20.1 Å². The second-order valence-electron chi connectivity index (χ2n) is 7.13. The van der Waals surface area contributed by atoms with Gasteiger partial charge in [0, 0.05) is 6.20 Å². The summed E-state index contributed by atoms with van der Waals surface area (Å²) < 4.78 is 31.2. The number of nitrogens with two attached hydrogens (primary N) is 1. The van der Waals surface area contributed by atoms with Crippen molar-refractivity contribution in [3.05, 3.63) is 80.3 Å². The lowest BCUT2D eigenvalue weighted by Crippen LogP contribution is -2.23. The third-order valence-corrected chi connectivity index (χ3v) is 5.92. The third-order valence-electron chi connectivity index (χ3n) is 5.17. The number of nitrogen functional groups attached to an aromatic ring is 1. The third kappa shape index (κ3) is 3.20. The van der Waals surface area contributed by atoms with Crippen LogP contribution >= 0.6 is 22.6 Å². The first-order valence-corrected chi connectivity index (χ1v) is 10.5. The van der Waals surface area contributed by atoms with Crippen molar-refractivity contribution in [2.75, 3.05) is 5.73 Å². The molecule has 160 valence electrons. The molecule has 0 aliphatic heterocycles. The molecule has 4 heterocycles. The molecule has 0 amide bonds. The van der Waals surface area contributed by atoms with Crippen LogP contribution in [0.5, 0.6) is 0 Å². The van der Waals surface area contributed by atoms with Crippen LogP contribution in [0.2, 0.25) is 0 Å². The summed E-state index contributed by atoms with van der Waals surface area (Å²) in [5.74, 6) is -0.818. The van der Waals surface area contributed by atoms with Crippen molar-refractivity contribution >= 4 is 45.1 Å². The molecule has 5 rings (SSSR count). The van der Waals surface area contributed by atoms with Gasteiger partial charge < -0.3 is 5.73 Å². The molecule has 0 aliphatic carbocycles. The topological polar surface area (TPSA) is 104 Å². The molecule has 1 atom stereocenters. The summed E-state index contributed by atoms with van der Waals surface area (Å²) in [5, 5.41) is 5.13. The molecule has 0 aliphatic rings. The number of aromatic nitrogens is 6. The quantitative estimate of drug-likeness (QED) is 0.348. The van der Waals surface area contributed by atoms with E-state index in [9.17, 15) is 13.6 Å². The summed E-state index contributed by atoms with van der Waals surface area (Å²) in [7, 11) is 0. The number of halogens is 3. The zero-order valence-corrected chi connectivity index (χ0v) is 18.7. The van der Waals surface area contributed by atoms with Gasteiger partial charge in [-0.25, -0.2) is 28.4 Å². The number of benzene rings is 1. The lowest BCUT2D eigenvalue weighted by molar-refractivity contribution is 0.561. The van der Waals surface area contributed by atoms with Gasteiger partial charge in [0.1, 0.15) is 33.1 Å². The maximum absolute atomic E-state index is 14.0. The van der Waals surface area contributed by atoms with Gasteiger partial charge in [0.25, 0.3) is 5.56 Å². The predicted molar refractivity (Wildman–Crippen MR) is 123 cm³/mol. The molecule has 0 saturated heterocycles. The van der Waals surface area contributed by atoms with Crippen molar-refractivity contribution in [1.29, 1.82) is 0 Å².